The number of nitrogens with one attached hydrogen (secondary N) is 1. The maximum Gasteiger partial charge on any atom is 0.409 e. The third-order valence-corrected chi connectivity index (χ3v) is 9.13. The zero-order valence-corrected chi connectivity index (χ0v) is 28.4. The van der Waals surface area contributed by atoms with Crippen molar-refractivity contribution in [1.29, 1.82) is 0 Å². The quantitative estimate of drug-likeness (QED) is 0.160. The molecule has 46 heavy (non-hydrogen) atoms. The number of hydrogen-bond donors (Lipinski definition) is 3. The van der Waals surface area contributed by atoms with Gasteiger partial charge in [0.05, 0.1) is 25.3 Å². The molecule has 0 spiro atoms. The number of allylic oxidation sites excluding steroid dienone is 3. The number of amides is 2. The Hall–Kier alpha value is -2.81. The summed E-state index contributed by atoms with van der Waals surface area (Å²) in [5, 5.41) is 14.3. The van der Waals surface area contributed by atoms with Gasteiger partial charge in [0.25, 0.3) is 0 Å². The molecule has 12 nitrogen and oxygen atoms in total. The Kier molecular flexibility index (Phi) is 12.1. The van der Waals surface area contributed by atoms with Crippen LogP contribution in [-0.4, -0.2) is 99.1 Å². The van der Waals surface area contributed by atoms with Crippen molar-refractivity contribution in [2.24, 2.45) is 0 Å². The number of thiol groups is 1. The van der Waals surface area contributed by atoms with Gasteiger partial charge >= 0.3 is 12.1 Å². The Labute approximate surface area is 279 Å². The molecule has 2 fully saturated rings. The van der Waals surface area contributed by atoms with Crippen LogP contribution in [0.5, 0.6) is 5.75 Å². The number of esters is 1. The highest BCUT2D eigenvalue weighted by molar-refractivity contribution is 7.80. The molecule has 0 unspecified atom stereocenters. The molecule has 3 aliphatic rings. The van der Waals surface area contributed by atoms with Crippen LogP contribution < -0.4 is 15.0 Å². The maximum absolute atomic E-state index is 13.8. The molecule has 2 amide bonds. The van der Waals surface area contributed by atoms with E-state index < -0.39 is 47.8 Å². The largest absolute Gasteiger partial charge is 0.495 e. The van der Waals surface area contributed by atoms with Gasteiger partial charge < -0.3 is 38.4 Å². The summed E-state index contributed by atoms with van der Waals surface area (Å²) in [6.45, 7) is 3.68. The first-order valence-corrected chi connectivity index (χ1v) is 16.1. The number of hydrogen-bond acceptors (Lipinski definition) is 11. The van der Waals surface area contributed by atoms with Gasteiger partial charge in [-0.2, -0.15) is 12.6 Å². The summed E-state index contributed by atoms with van der Waals surface area (Å²) < 4.78 is 33.9. The first-order chi connectivity index (χ1) is 21.8. The van der Waals surface area contributed by atoms with Gasteiger partial charge in [0, 0.05) is 33.6 Å². The Morgan fingerprint density at radius 3 is 2.74 bits per heavy atom. The minimum atomic E-state index is -1.77. The summed E-state index contributed by atoms with van der Waals surface area (Å²) in [6, 6.07) is 3.61. The van der Waals surface area contributed by atoms with Gasteiger partial charge in [-0.1, -0.05) is 35.4 Å². The van der Waals surface area contributed by atoms with Crippen LogP contribution in [0.3, 0.4) is 0 Å². The third kappa shape index (κ3) is 8.55. The van der Waals surface area contributed by atoms with E-state index in [1.54, 1.807) is 32.2 Å². The molecule has 3 aliphatic heterocycles. The minimum Gasteiger partial charge on any atom is -0.495 e. The predicted octanol–water partition coefficient (Wildman–Crippen LogP) is 3.76. The SMILES string of the molecule is COc1cc2cc(c1Cl)N(C)C(=O)C[C@H](OC(=O)COCCCS)[C@]1(C)O[C@H]1C[C@@H]1C[C@@](O)(NC(=O)O1)[C@H](OC)/C=C/C=C(\C)C2. The average molecular weight is 683 g/mol. The number of alkyl carbamates (subject to hydrolysis) is 1. The van der Waals surface area contributed by atoms with Crippen molar-refractivity contribution >= 4 is 47.9 Å². The molecule has 1 aromatic rings. The number of aliphatic hydroxyl groups is 1. The highest BCUT2D eigenvalue weighted by Gasteiger charge is 2.61. The van der Waals surface area contributed by atoms with Crippen LogP contribution in [0.25, 0.3) is 0 Å². The van der Waals surface area contributed by atoms with Crippen LogP contribution >= 0.6 is 24.2 Å². The number of anilines is 1. The number of rotatable bonds is 8. The van der Waals surface area contributed by atoms with Gasteiger partial charge in [-0.05, 0) is 50.1 Å². The summed E-state index contributed by atoms with van der Waals surface area (Å²) in [4.78, 5) is 40.6. The summed E-state index contributed by atoms with van der Waals surface area (Å²) in [5.74, 6) is -0.0422. The lowest BCUT2D eigenvalue weighted by molar-refractivity contribution is -0.158. The molecule has 2 N–H and O–H groups in total. The molecule has 4 bridgehead atoms. The van der Waals surface area contributed by atoms with E-state index in [0.29, 0.717) is 36.6 Å². The van der Waals surface area contributed by atoms with Crippen molar-refractivity contribution in [2.75, 3.05) is 45.1 Å². The van der Waals surface area contributed by atoms with Crippen LogP contribution in [0, 0.1) is 0 Å². The van der Waals surface area contributed by atoms with Gasteiger partial charge in [0.2, 0.25) is 5.91 Å². The lowest BCUT2D eigenvalue weighted by Crippen LogP contribution is -2.62. The number of carbonyl (C=O) groups is 3. The van der Waals surface area contributed by atoms with Crippen LogP contribution in [0.4, 0.5) is 10.5 Å². The fourth-order valence-corrected chi connectivity index (χ4v) is 6.21. The molecule has 0 aliphatic carbocycles. The predicted molar refractivity (Wildman–Crippen MR) is 173 cm³/mol. The van der Waals surface area contributed by atoms with Crippen molar-refractivity contribution in [3.8, 4) is 5.75 Å². The molecule has 1 aromatic carbocycles. The minimum absolute atomic E-state index is 0.00451. The Morgan fingerprint density at radius 2 is 2.04 bits per heavy atom. The zero-order valence-electron chi connectivity index (χ0n) is 26.7. The highest BCUT2D eigenvalue weighted by atomic mass is 35.5. The summed E-state index contributed by atoms with van der Waals surface area (Å²) in [6.07, 6.45) is 2.30. The molecular weight excluding hydrogens is 640 g/mol. The standard InChI is InChI=1S/C32H43ClN2O10S/c1-19-8-6-9-24(41-5)32(39)17-21(43-30(38)34-32)15-26-31(2,45-26)25(44-28(37)18-42-10-7-11-46)16-27(36)35(3)22-13-20(12-19)14-23(40-4)29(22)33/h6,8-9,13-14,21,24-26,39,46H,7,10-12,15-18H2,1-5H3,(H,34,38)/b9-6+,19-8+/t21-,24-,25+,26+,31+,32+/m1/s1. The van der Waals surface area contributed by atoms with Gasteiger partial charge in [-0.3, -0.25) is 10.1 Å². The van der Waals surface area contributed by atoms with Gasteiger partial charge in [-0.25, -0.2) is 9.59 Å². The molecule has 3 heterocycles. The molecule has 14 heteroatoms. The normalized spacial score (nSPS) is 31.9. The van der Waals surface area contributed by atoms with Gasteiger partial charge in [-0.15, -0.1) is 0 Å². The maximum atomic E-state index is 13.8. The van der Waals surface area contributed by atoms with Crippen molar-refractivity contribution in [3.05, 3.63) is 46.5 Å². The summed E-state index contributed by atoms with van der Waals surface area (Å²) >= 11 is 10.8. The van der Waals surface area contributed by atoms with Crippen LogP contribution in [0.2, 0.25) is 5.02 Å². The Bertz CT molecular complexity index is 1360. The van der Waals surface area contributed by atoms with E-state index in [1.807, 2.05) is 19.1 Å². The Balaban J connectivity index is 1.71. The van der Waals surface area contributed by atoms with E-state index in [0.717, 1.165) is 11.1 Å². The number of benzene rings is 1. The van der Waals surface area contributed by atoms with Crippen LogP contribution in [0.15, 0.2) is 35.9 Å². The number of methoxy groups -OCH3 is 2. The van der Waals surface area contributed by atoms with E-state index in [1.165, 1.54) is 19.1 Å². The highest BCUT2D eigenvalue weighted by Crippen LogP contribution is 2.46. The number of nitrogens with zero attached hydrogens (tertiary/aromatic N) is 1. The van der Waals surface area contributed by atoms with E-state index in [9.17, 15) is 19.5 Å². The van der Waals surface area contributed by atoms with Crippen molar-refractivity contribution < 1.29 is 47.9 Å². The zero-order chi connectivity index (χ0) is 33.6. The Morgan fingerprint density at radius 1 is 1.28 bits per heavy atom. The smallest absolute Gasteiger partial charge is 0.409 e. The topological polar surface area (TPSA) is 145 Å². The lowest BCUT2D eigenvalue weighted by Gasteiger charge is -2.40. The fourth-order valence-electron chi connectivity index (χ4n) is 5.77. The first-order valence-electron chi connectivity index (χ1n) is 15.1. The molecule has 4 rings (SSSR count). The van der Waals surface area contributed by atoms with Crippen molar-refractivity contribution in [3.63, 3.8) is 0 Å². The number of epoxide rings is 1. The number of fused-ring (bicyclic) bond motifs is 5. The van der Waals surface area contributed by atoms with E-state index in [-0.39, 0.29) is 36.8 Å². The number of ether oxygens (including phenoxy) is 6. The lowest BCUT2D eigenvalue weighted by atomic mass is 9.90. The van der Waals surface area contributed by atoms with Crippen LogP contribution in [0.1, 0.15) is 45.1 Å². The summed E-state index contributed by atoms with van der Waals surface area (Å²) in [7, 11) is 4.53. The average Bonchev–Trinajstić information content (AvgIpc) is 3.65. The number of halogens is 1. The summed E-state index contributed by atoms with van der Waals surface area (Å²) in [5.41, 5.74) is -0.664. The second-order valence-corrected chi connectivity index (χ2v) is 12.8. The van der Waals surface area contributed by atoms with E-state index >= 15 is 0 Å². The first kappa shape index (κ1) is 36.0. The van der Waals surface area contributed by atoms with Crippen molar-refractivity contribution in [1.82, 2.24) is 5.32 Å². The fraction of sp³-hybridized carbons (Fsp3) is 0.594. The molecule has 254 valence electrons. The third-order valence-electron chi connectivity index (χ3n) is 8.44. The van der Waals surface area contributed by atoms with E-state index in [2.05, 4.69) is 17.9 Å². The van der Waals surface area contributed by atoms with E-state index in [4.69, 9.17) is 40.0 Å². The van der Waals surface area contributed by atoms with Gasteiger partial charge in [0.1, 0.15) is 41.3 Å². The molecule has 2 saturated heterocycles. The van der Waals surface area contributed by atoms with Crippen LogP contribution in [-0.2, 0) is 39.7 Å². The van der Waals surface area contributed by atoms with Gasteiger partial charge in [0.15, 0.2) is 5.72 Å². The molecule has 0 saturated carbocycles. The molecular formula is C32H43ClN2O10S. The number of carbonyl (C=O) groups excluding carboxylic acids is 3. The van der Waals surface area contributed by atoms with Crippen molar-refractivity contribution in [2.45, 2.75) is 81.7 Å². The molecule has 6 atom stereocenters. The molecule has 0 radical (unpaired) electrons. The second-order valence-electron chi connectivity index (χ2n) is 11.9. The monoisotopic (exact) mass is 682 g/mol. The second kappa shape index (κ2) is 15.4. The molecule has 0 aromatic heterocycles.